The number of para-hydroxylation sites is 1. The normalized spacial score (nSPS) is 11.6. The summed E-state index contributed by atoms with van der Waals surface area (Å²) in [6.07, 6.45) is 9.37. The van der Waals surface area contributed by atoms with Gasteiger partial charge in [-0.2, -0.15) is 18.2 Å². The van der Waals surface area contributed by atoms with Gasteiger partial charge in [0.15, 0.2) is 0 Å². The standard InChI is InChI=1S/C40H36N4O.Pt/c1-26-21-37(29(4)28(3)27(26)2)43-20-19-42(25-43)31-11-10-12-32(23-31)45-33-15-16-35-34-13-8-9-14-36(34)44(38(35)24-33)39-22-30(17-18-41-39)40(5,6)7;/h8-22H,1-7H3;/q-2;. The van der Waals surface area contributed by atoms with Crippen LogP contribution in [-0.2, 0) is 26.5 Å². The quantitative estimate of drug-likeness (QED) is 0.129. The summed E-state index contributed by atoms with van der Waals surface area (Å²) >= 11 is 0. The maximum atomic E-state index is 6.39. The van der Waals surface area contributed by atoms with Gasteiger partial charge >= 0.3 is 0 Å². The summed E-state index contributed by atoms with van der Waals surface area (Å²) in [5, 5.41) is 2.25. The van der Waals surface area contributed by atoms with Gasteiger partial charge in [0, 0.05) is 56.7 Å². The molecule has 0 saturated heterocycles. The fraction of sp³-hybridized carbons (Fsp3) is 0.200. The number of rotatable bonds is 5. The van der Waals surface area contributed by atoms with E-state index in [0.29, 0.717) is 11.5 Å². The molecule has 0 spiro atoms. The second-order valence-electron chi connectivity index (χ2n) is 12.8. The molecule has 6 heteroatoms. The Kier molecular flexibility index (Phi) is 8.25. The molecule has 0 bridgehead atoms. The van der Waals surface area contributed by atoms with E-state index >= 15 is 0 Å². The number of pyridine rings is 1. The molecule has 0 amide bonds. The van der Waals surface area contributed by atoms with Gasteiger partial charge in [-0.15, -0.1) is 29.7 Å². The van der Waals surface area contributed by atoms with Crippen LogP contribution in [0.5, 0.6) is 11.5 Å². The number of ether oxygens (including phenoxy) is 1. The van der Waals surface area contributed by atoms with Crippen LogP contribution in [0.1, 0.15) is 48.6 Å². The zero-order valence-electron chi connectivity index (χ0n) is 27.2. The van der Waals surface area contributed by atoms with E-state index in [1.807, 2.05) is 52.0 Å². The van der Waals surface area contributed by atoms with Crippen LogP contribution < -0.4 is 9.30 Å². The summed E-state index contributed by atoms with van der Waals surface area (Å²) in [7, 11) is 0. The van der Waals surface area contributed by atoms with E-state index in [1.54, 1.807) is 0 Å². The Morgan fingerprint density at radius 3 is 2.37 bits per heavy atom. The van der Waals surface area contributed by atoms with Crippen molar-refractivity contribution < 1.29 is 30.4 Å². The van der Waals surface area contributed by atoms with E-state index in [4.69, 9.17) is 9.72 Å². The maximum Gasteiger partial charge on any atom is 0.267 e. The van der Waals surface area contributed by atoms with Crippen molar-refractivity contribution in [3.8, 4) is 28.7 Å². The molecule has 0 unspecified atom stereocenters. The average molecular weight is 784 g/mol. The van der Waals surface area contributed by atoms with Gasteiger partial charge in [0.2, 0.25) is 0 Å². The fourth-order valence-corrected chi connectivity index (χ4v) is 5.96. The van der Waals surface area contributed by atoms with E-state index in [0.717, 1.165) is 39.0 Å². The molecule has 5 nitrogen and oxygen atoms in total. The van der Waals surface area contributed by atoms with Crippen LogP contribution in [0.2, 0.25) is 0 Å². The topological polar surface area (TPSA) is 35.9 Å². The number of hydrogen-bond acceptors (Lipinski definition) is 2. The molecular formula is C40H36N4OPt-2. The first-order valence-corrected chi connectivity index (χ1v) is 15.3. The van der Waals surface area contributed by atoms with E-state index in [-0.39, 0.29) is 26.5 Å². The number of imidazole rings is 1. The minimum atomic E-state index is 0. The summed E-state index contributed by atoms with van der Waals surface area (Å²) in [6.45, 7) is 15.3. The summed E-state index contributed by atoms with van der Waals surface area (Å²) < 4.78 is 12.5. The van der Waals surface area contributed by atoms with Gasteiger partial charge in [0.25, 0.3) is 6.33 Å². The molecule has 4 aromatic carbocycles. The minimum Gasteiger partial charge on any atom is -0.510 e. The molecule has 0 atom stereocenters. The van der Waals surface area contributed by atoms with E-state index in [1.165, 1.54) is 27.8 Å². The number of aryl methyl sites for hydroxylation is 1. The molecule has 0 aliphatic carbocycles. The monoisotopic (exact) mass is 783 g/mol. The van der Waals surface area contributed by atoms with Crippen LogP contribution in [0.15, 0.2) is 91.4 Å². The zero-order valence-corrected chi connectivity index (χ0v) is 29.4. The van der Waals surface area contributed by atoms with Gasteiger partial charge in [-0.1, -0.05) is 50.1 Å². The third-order valence-corrected chi connectivity index (χ3v) is 8.92. The van der Waals surface area contributed by atoms with Crippen LogP contribution in [0.4, 0.5) is 0 Å². The molecule has 3 aromatic heterocycles. The van der Waals surface area contributed by atoms with Crippen LogP contribution in [-0.4, -0.2) is 14.1 Å². The Labute approximate surface area is 285 Å². The summed E-state index contributed by atoms with van der Waals surface area (Å²) in [6, 6.07) is 31.8. The number of nitrogens with zero attached hydrogens (tertiary/aromatic N) is 4. The maximum absolute atomic E-state index is 6.39. The second-order valence-corrected chi connectivity index (χ2v) is 12.8. The molecule has 0 saturated carbocycles. The third-order valence-electron chi connectivity index (χ3n) is 8.92. The van der Waals surface area contributed by atoms with Crippen molar-refractivity contribution in [3.63, 3.8) is 0 Å². The number of aromatic nitrogens is 4. The molecule has 7 aromatic rings. The molecule has 0 N–H and O–H groups in total. The predicted octanol–water partition coefficient (Wildman–Crippen LogP) is 8.97. The molecule has 0 radical (unpaired) electrons. The Balaban J connectivity index is 0.00000372. The Morgan fingerprint density at radius 1 is 0.783 bits per heavy atom. The van der Waals surface area contributed by atoms with Gasteiger partial charge in [-0.3, -0.25) is 4.57 Å². The van der Waals surface area contributed by atoms with Crippen LogP contribution in [0.25, 0.3) is 39.0 Å². The van der Waals surface area contributed by atoms with Crippen molar-refractivity contribution in [1.29, 1.82) is 0 Å². The molecule has 7 rings (SSSR count). The molecule has 0 fully saturated rings. The average Bonchev–Trinajstić information content (AvgIpc) is 3.65. The van der Waals surface area contributed by atoms with Crippen molar-refractivity contribution in [2.45, 2.75) is 53.9 Å². The van der Waals surface area contributed by atoms with Crippen LogP contribution in [0, 0.1) is 46.2 Å². The molecule has 234 valence electrons. The van der Waals surface area contributed by atoms with Gasteiger partial charge < -0.3 is 13.9 Å². The Hall–Kier alpha value is -4.47. The van der Waals surface area contributed by atoms with E-state index in [2.05, 4.69) is 120 Å². The molecule has 0 aliphatic heterocycles. The van der Waals surface area contributed by atoms with Crippen molar-refractivity contribution in [1.82, 2.24) is 14.1 Å². The van der Waals surface area contributed by atoms with Crippen molar-refractivity contribution >= 4 is 21.8 Å². The van der Waals surface area contributed by atoms with Gasteiger partial charge in [0.1, 0.15) is 5.82 Å². The van der Waals surface area contributed by atoms with E-state index in [9.17, 15) is 0 Å². The third kappa shape index (κ3) is 5.58. The largest absolute Gasteiger partial charge is 0.510 e. The Morgan fingerprint density at radius 2 is 1.57 bits per heavy atom. The van der Waals surface area contributed by atoms with Crippen LogP contribution >= 0.6 is 0 Å². The molecule has 0 aliphatic rings. The molecule has 46 heavy (non-hydrogen) atoms. The predicted molar refractivity (Wildman–Crippen MR) is 180 cm³/mol. The number of hydrogen-bond donors (Lipinski definition) is 0. The van der Waals surface area contributed by atoms with Crippen molar-refractivity contribution in [3.05, 3.63) is 138 Å². The first-order valence-electron chi connectivity index (χ1n) is 15.3. The summed E-state index contributed by atoms with van der Waals surface area (Å²) in [5.41, 5.74) is 10.4. The molecular weight excluding hydrogens is 748 g/mol. The van der Waals surface area contributed by atoms with Gasteiger partial charge in [-0.05, 0) is 90.7 Å². The number of benzene rings is 4. The van der Waals surface area contributed by atoms with Crippen LogP contribution in [0.3, 0.4) is 0 Å². The summed E-state index contributed by atoms with van der Waals surface area (Å²) in [5.74, 6) is 2.08. The second kappa shape index (κ2) is 12.0. The fourth-order valence-electron chi connectivity index (χ4n) is 5.96. The summed E-state index contributed by atoms with van der Waals surface area (Å²) in [4.78, 5) is 4.79. The molecule has 3 heterocycles. The SMILES string of the molecule is Cc1cc(-[n+]2[c-]n(-c3[c-]c(Oc4[c-]c5c(cc4)c4ccccc4n5-c4cc(C(C)(C)C)ccn4)ccc3)cc2)c(C)c(C)c1C.[Pt]. The van der Waals surface area contributed by atoms with Gasteiger partial charge in [0.05, 0.1) is 5.69 Å². The minimum absolute atomic E-state index is 0. The zero-order chi connectivity index (χ0) is 31.5. The first-order chi connectivity index (χ1) is 21.6. The first kappa shape index (κ1) is 31.5. The van der Waals surface area contributed by atoms with Crippen molar-refractivity contribution in [2.75, 3.05) is 0 Å². The Bertz CT molecular complexity index is 2240. The number of fused-ring (bicyclic) bond motifs is 3. The van der Waals surface area contributed by atoms with Gasteiger partial charge in [-0.25, -0.2) is 4.98 Å². The smallest absolute Gasteiger partial charge is 0.267 e. The van der Waals surface area contributed by atoms with Crippen molar-refractivity contribution in [2.24, 2.45) is 0 Å². The van der Waals surface area contributed by atoms with E-state index < -0.39 is 0 Å².